The zero-order valence-electron chi connectivity index (χ0n) is 24.8. The normalized spacial score (nSPS) is 36.4. The van der Waals surface area contributed by atoms with Crippen LogP contribution in [0.4, 0.5) is 5.69 Å². The third kappa shape index (κ3) is 5.43. The molecule has 5 heteroatoms. The number of ether oxygens (including phenoxy) is 1. The number of hydrogen-bond acceptors (Lipinski definition) is 5. The lowest BCUT2D eigenvalue weighted by molar-refractivity contribution is -0.0594. The summed E-state index contributed by atoms with van der Waals surface area (Å²) in [5.74, 6) is 4.58. The first-order chi connectivity index (χ1) is 18.5. The second-order valence-corrected chi connectivity index (χ2v) is 14.4. The molecule has 0 aliphatic heterocycles. The van der Waals surface area contributed by atoms with Crippen LogP contribution in [0.5, 0.6) is 0 Å². The highest BCUT2D eigenvalue weighted by Crippen LogP contribution is 2.67. The van der Waals surface area contributed by atoms with Crippen molar-refractivity contribution in [2.75, 3.05) is 5.23 Å². The molecule has 0 radical (unpaired) electrons. The number of carbonyl (C=O) groups is 1. The Morgan fingerprint density at radius 3 is 2.49 bits per heavy atom. The van der Waals surface area contributed by atoms with Gasteiger partial charge in [0.2, 0.25) is 0 Å². The fraction of sp³-hybridized carbons (Fsp3) is 0.735. The average Bonchev–Trinajstić information content (AvgIpc) is 3.26. The number of esters is 1. The van der Waals surface area contributed by atoms with Crippen LogP contribution in [0.3, 0.4) is 0 Å². The van der Waals surface area contributed by atoms with E-state index in [-0.39, 0.29) is 28.4 Å². The first kappa shape index (κ1) is 28.7. The summed E-state index contributed by atoms with van der Waals surface area (Å²) >= 11 is 0. The Kier molecular flexibility index (Phi) is 8.23. The third-order valence-electron chi connectivity index (χ3n) is 11.9. The van der Waals surface area contributed by atoms with Gasteiger partial charge in [0.05, 0.1) is 11.3 Å². The predicted molar refractivity (Wildman–Crippen MR) is 156 cm³/mol. The van der Waals surface area contributed by atoms with E-state index in [4.69, 9.17) is 9.94 Å². The molecular weight excluding hydrogens is 486 g/mol. The van der Waals surface area contributed by atoms with Gasteiger partial charge in [-0.2, -0.15) is 0 Å². The minimum Gasteiger partial charge on any atom is -0.733 e. The lowest BCUT2D eigenvalue weighted by Gasteiger charge is -2.58. The van der Waals surface area contributed by atoms with Gasteiger partial charge in [0.15, 0.2) is 0 Å². The van der Waals surface area contributed by atoms with Gasteiger partial charge in [-0.3, -0.25) is 5.21 Å². The Labute approximate surface area is 235 Å². The molecule has 4 aliphatic rings. The number of carbonyl (C=O) groups excluding carboxylic acids is 1. The van der Waals surface area contributed by atoms with Gasteiger partial charge >= 0.3 is 5.97 Å². The number of rotatable bonds is 8. The maximum absolute atomic E-state index is 12.8. The summed E-state index contributed by atoms with van der Waals surface area (Å²) in [4.78, 5) is 12.8. The number of fused-ring (bicyclic) bond motifs is 5. The number of benzene rings is 1. The first-order valence-corrected chi connectivity index (χ1v) is 15.7. The van der Waals surface area contributed by atoms with Crippen molar-refractivity contribution in [1.82, 2.24) is 0 Å². The lowest BCUT2D eigenvalue weighted by Crippen LogP contribution is -2.51. The molecule has 4 aliphatic carbocycles. The van der Waals surface area contributed by atoms with Gasteiger partial charge in [-0.05, 0) is 116 Å². The molecule has 1 N–H and O–H groups in total. The second-order valence-electron chi connectivity index (χ2n) is 14.4. The van der Waals surface area contributed by atoms with Crippen molar-refractivity contribution < 1.29 is 14.7 Å². The number of hydrogen-bond donors (Lipinski definition) is 1. The SMILES string of the molecule is CC(C)CCC[C@@H](C)[C@@H]1CC[C@@H]2[C@@H]3CC=C4C[C@@H](OC(=O)c5ccc(N([O-])O)cc5)CC[C@]4(C)[C@H]3CC[C@@]21C. The van der Waals surface area contributed by atoms with E-state index in [2.05, 4.69) is 40.7 Å². The molecule has 3 saturated carbocycles. The van der Waals surface area contributed by atoms with E-state index >= 15 is 0 Å². The standard InChI is InChI=1S/C34H50NO4/c1-22(2)7-6-8-23(3)29-15-16-30-28-14-11-25-21-27(17-19-33(25,4)31(28)18-20-34(29,30)5)39-32(36)24-9-12-26(13-10-24)35(37)38/h9-13,22-23,27-31,37H,6-8,14-21H2,1-5H3/q-1/t23-,27+,28+,29+,30-,31+,33+,34-/m1/s1. The van der Waals surface area contributed by atoms with Crippen LogP contribution in [0.25, 0.3) is 0 Å². The van der Waals surface area contributed by atoms with Crippen LogP contribution in [0, 0.1) is 51.5 Å². The van der Waals surface area contributed by atoms with Crippen LogP contribution in [0.1, 0.15) is 116 Å². The van der Waals surface area contributed by atoms with Gasteiger partial charge < -0.3 is 15.2 Å². The van der Waals surface area contributed by atoms with Gasteiger partial charge in [0.25, 0.3) is 0 Å². The highest BCUT2D eigenvalue weighted by atomic mass is 16.8. The molecule has 0 spiro atoms. The molecule has 1 aromatic rings. The van der Waals surface area contributed by atoms with Crippen LogP contribution in [-0.2, 0) is 4.74 Å². The lowest BCUT2D eigenvalue weighted by atomic mass is 9.47. The van der Waals surface area contributed by atoms with E-state index in [0.29, 0.717) is 11.0 Å². The molecule has 5 nitrogen and oxygen atoms in total. The Morgan fingerprint density at radius 1 is 1.05 bits per heavy atom. The van der Waals surface area contributed by atoms with Gasteiger partial charge in [-0.15, -0.1) is 0 Å². The Bertz CT molecular complexity index is 1050. The van der Waals surface area contributed by atoms with Crippen molar-refractivity contribution in [1.29, 1.82) is 0 Å². The first-order valence-electron chi connectivity index (χ1n) is 15.7. The summed E-state index contributed by atoms with van der Waals surface area (Å²) in [6.07, 6.45) is 16.2. The van der Waals surface area contributed by atoms with E-state index in [9.17, 15) is 10.0 Å². The molecule has 39 heavy (non-hydrogen) atoms. The molecule has 0 saturated heterocycles. The van der Waals surface area contributed by atoms with Crippen LogP contribution in [0.2, 0.25) is 0 Å². The average molecular weight is 537 g/mol. The summed E-state index contributed by atoms with van der Waals surface area (Å²) in [5, 5.41) is 19.9. The highest BCUT2D eigenvalue weighted by Gasteiger charge is 2.59. The zero-order chi connectivity index (χ0) is 27.9. The van der Waals surface area contributed by atoms with Crippen molar-refractivity contribution in [3.63, 3.8) is 0 Å². The minimum atomic E-state index is -0.354. The summed E-state index contributed by atoms with van der Waals surface area (Å²) in [5.41, 5.74) is 2.76. The molecule has 0 unspecified atom stereocenters. The van der Waals surface area contributed by atoms with Crippen LogP contribution >= 0.6 is 0 Å². The Morgan fingerprint density at radius 2 is 1.79 bits per heavy atom. The fourth-order valence-electron chi connectivity index (χ4n) is 9.70. The zero-order valence-corrected chi connectivity index (χ0v) is 24.8. The Hall–Kier alpha value is -1.85. The van der Waals surface area contributed by atoms with Gasteiger partial charge in [0.1, 0.15) is 6.10 Å². The van der Waals surface area contributed by atoms with E-state index in [0.717, 1.165) is 54.8 Å². The fourth-order valence-corrected chi connectivity index (χ4v) is 9.70. The second kappa shape index (κ2) is 11.2. The van der Waals surface area contributed by atoms with E-state index in [1.165, 1.54) is 81.2 Å². The predicted octanol–water partition coefficient (Wildman–Crippen LogP) is 8.95. The molecule has 0 amide bonds. The maximum atomic E-state index is 12.8. The largest absolute Gasteiger partial charge is 0.733 e. The monoisotopic (exact) mass is 536 g/mol. The number of allylic oxidation sites excluding steroid dienone is 1. The molecule has 8 atom stereocenters. The molecule has 3 fully saturated rings. The molecule has 1 aromatic carbocycles. The number of anilines is 1. The summed E-state index contributed by atoms with van der Waals surface area (Å²) in [7, 11) is 0. The summed E-state index contributed by atoms with van der Waals surface area (Å²) in [6, 6.07) is 5.94. The van der Waals surface area contributed by atoms with Gasteiger partial charge in [0, 0.05) is 6.42 Å². The van der Waals surface area contributed by atoms with Crippen LogP contribution < -0.4 is 5.23 Å². The van der Waals surface area contributed by atoms with Gasteiger partial charge in [-0.25, -0.2) is 4.79 Å². The van der Waals surface area contributed by atoms with Crippen molar-refractivity contribution in [3.05, 3.63) is 46.7 Å². The van der Waals surface area contributed by atoms with E-state index < -0.39 is 0 Å². The molecule has 216 valence electrons. The molecule has 0 heterocycles. The highest BCUT2D eigenvalue weighted by molar-refractivity contribution is 5.90. The summed E-state index contributed by atoms with van der Waals surface area (Å²) < 4.78 is 5.95. The number of nitrogens with zero attached hydrogens (tertiary/aromatic N) is 1. The minimum absolute atomic E-state index is 0.0969. The van der Waals surface area contributed by atoms with Crippen molar-refractivity contribution in [3.8, 4) is 0 Å². The van der Waals surface area contributed by atoms with Crippen LogP contribution in [0.15, 0.2) is 35.9 Å². The topological polar surface area (TPSA) is 72.8 Å². The van der Waals surface area contributed by atoms with Crippen molar-refractivity contribution in [2.24, 2.45) is 46.3 Å². The van der Waals surface area contributed by atoms with Crippen molar-refractivity contribution in [2.45, 2.75) is 111 Å². The summed E-state index contributed by atoms with van der Waals surface area (Å²) in [6.45, 7) is 12.4. The molecular formula is C34H50NO4-. The van der Waals surface area contributed by atoms with Crippen LogP contribution in [-0.4, -0.2) is 17.3 Å². The quantitative estimate of drug-likeness (QED) is 0.204. The van der Waals surface area contributed by atoms with E-state index in [1.807, 2.05) is 0 Å². The van der Waals surface area contributed by atoms with Gasteiger partial charge in [-0.1, -0.05) is 65.5 Å². The van der Waals surface area contributed by atoms with E-state index in [1.54, 1.807) is 0 Å². The maximum Gasteiger partial charge on any atom is 0.338 e. The molecule has 0 bridgehead atoms. The molecule has 0 aromatic heterocycles. The van der Waals surface area contributed by atoms with Crippen molar-refractivity contribution >= 4 is 11.7 Å². The Balaban J connectivity index is 1.23. The molecule has 5 rings (SSSR count). The smallest absolute Gasteiger partial charge is 0.338 e. The third-order valence-corrected chi connectivity index (χ3v) is 11.9.